The molecule has 3 rings (SSSR count). The minimum Gasteiger partial charge on any atom is -0.463 e. The summed E-state index contributed by atoms with van der Waals surface area (Å²) in [6.45, 7) is 5.81. The van der Waals surface area contributed by atoms with E-state index >= 15 is 0 Å². The highest BCUT2D eigenvalue weighted by Crippen LogP contribution is 2.46. The van der Waals surface area contributed by atoms with Crippen LogP contribution in [0.1, 0.15) is 496 Å². The molecule has 3 aliphatic rings. The zero-order chi connectivity index (χ0) is 80.1. The van der Waals surface area contributed by atoms with Crippen LogP contribution in [0.2, 0.25) is 0 Å². The fourth-order valence-corrected chi connectivity index (χ4v) is 18.2. The summed E-state index contributed by atoms with van der Waals surface area (Å²) in [5.74, 6) is 1.38. The van der Waals surface area contributed by atoms with E-state index < -0.39 is 92.6 Å². The topological polar surface area (TPSA) is 225 Å². The van der Waals surface area contributed by atoms with E-state index in [1.165, 1.54) is 417 Å². The molecule has 2 aliphatic heterocycles. The van der Waals surface area contributed by atoms with Crippen LogP contribution >= 0.6 is 0 Å². The van der Waals surface area contributed by atoms with Crippen molar-refractivity contribution in [2.75, 3.05) is 20.3 Å². The number of hydrogen-bond acceptors (Lipinski definition) is 14. The van der Waals surface area contributed by atoms with Crippen LogP contribution in [-0.4, -0.2) is 141 Å². The van der Waals surface area contributed by atoms with Gasteiger partial charge < -0.3 is 64.5 Å². The second kappa shape index (κ2) is 74.1. The van der Waals surface area contributed by atoms with E-state index in [4.69, 9.17) is 23.7 Å². The zero-order valence-electron chi connectivity index (χ0n) is 73.5. The van der Waals surface area contributed by atoms with Gasteiger partial charge in [0.1, 0.15) is 55.4 Å². The molecular weight excluding hydrogens is 1390 g/mol. The van der Waals surface area contributed by atoms with Crippen molar-refractivity contribution in [2.24, 2.45) is 23.7 Å². The van der Waals surface area contributed by atoms with E-state index in [0.717, 1.165) is 56.8 Å². The van der Waals surface area contributed by atoms with Crippen molar-refractivity contribution >= 4 is 5.97 Å². The summed E-state index contributed by atoms with van der Waals surface area (Å²) >= 11 is 0. The lowest BCUT2D eigenvalue weighted by Crippen LogP contribution is -2.63. The summed E-state index contributed by atoms with van der Waals surface area (Å²) in [5.41, 5.74) is 0. The summed E-state index contributed by atoms with van der Waals surface area (Å²) in [7, 11) is 1.95. The van der Waals surface area contributed by atoms with Gasteiger partial charge in [-0.3, -0.25) is 4.79 Å². The molecule has 111 heavy (non-hydrogen) atoms. The third-order valence-electron chi connectivity index (χ3n) is 26.2. The molecule has 1 aliphatic carbocycles. The first-order valence-electron chi connectivity index (χ1n) is 49.4. The summed E-state index contributed by atoms with van der Waals surface area (Å²) in [4.78, 5) is 13.9. The van der Waals surface area contributed by atoms with Crippen LogP contribution in [0.4, 0.5) is 0 Å². The van der Waals surface area contributed by atoms with E-state index in [1.807, 2.05) is 7.11 Å². The van der Waals surface area contributed by atoms with E-state index in [1.54, 1.807) is 0 Å². The number of methoxy groups -OCH3 is 1. The third-order valence-corrected chi connectivity index (χ3v) is 26.2. The standard InChI is InChI=1S/C97H188O14/c1-5-7-9-11-13-15-17-19-21-23-24-25-26-27-28-32-39-45-51-57-63-69-75-84(95(106)108-80-88-90(101)92(103)94(105)97(110-88)111-96-93(104)91(102)89(100)87(79-98)109-96)85(99)76-70-64-58-52-46-40-33-29-31-37-43-49-55-61-67-73-82-78-83(82)74-68-62-56-50-44-38-34-35-41-47-53-59-65-71-77-86(107-4)81(3)72-66-60-54-48-42-36-30-22-20-18-16-14-12-10-8-6-2/h81-94,96-105H,5-80H2,1-4H3/t81?,82?,83?,84?,85-,86?,87-,88-,89-,90-,91+,92+,93-,94-,96-,97-/m1/s1. The molecule has 0 bridgehead atoms. The van der Waals surface area contributed by atoms with Crippen molar-refractivity contribution in [3.05, 3.63) is 0 Å². The van der Waals surface area contributed by atoms with Gasteiger partial charge in [-0.05, 0) is 49.9 Å². The van der Waals surface area contributed by atoms with Crippen LogP contribution in [0.3, 0.4) is 0 Å². The molecule has 0 amide bonds. The molecule has 0 radical (unpaired) electrons. The lowest BCUT2D eigenvalue weighted by atomic mass is 9.91. The summed E-state index contributed by atoms with van der Waals surface area (Å²) < 4.78 is 28.5. The Kier molecular flexibility index (Phi) is 69.5. The van der Waals surface area contributed by atoms with Crippen LogP contribution in [-0.2, 0) is 28.5 Å². The number of rotatable bonds is 84. The molecule has 3 fully saturated rings. The predicted octanol–water partition coefficient (Wildman–Crippen LogP) is 24.9. The maximum atomic E-state index is 13.9. The van der Waals surface area contributed by atoms with Gasteiger partial charge in [0.15, 0.2) is 12.6 Å². The smallest absolute Gasteiger partial charge is 0.311 e. The molecule has 660 valence electrons. The summed E-state index contributed by atoms with van der Waals surface area (Å²) in [6.07, 6.45) is 81.4. The monoisotopic (exact) mass is 1580 g/mol. The van der Waals surface area contributed by atoms with Gasteiger partial charge >= 0.3 is 5.97 Å². The Bertz CT molecular complexity index is 1970. The van der Waals surface area contributed by atoms with Gasteiger partial charge in [-0.1, -0.05) is 464 Å². The average molecular weight is 1580 g/mol. The van der Waals surface area contributed by atoms with E-state index in [0.29, 0.717) is 24.9 Å². The first kappa shape index (κ1) is 104. The number of aliphatic hydroxyl groups is 8. The first-order valence-corrected chi connectivity index (χ1v) is 49.4. The molecular formula is C97H188O14. The van der Waals surface area contributed by atoms with Gasteiger partial charge in [0, 0.05) is 7.11 Å². The average Bonchev–Trinajstić information content (AvgIpc) is 1.51. The van der Waals surface area contributed by atoms with Crippen LogP contribution in [0.25, 0.3) is 0 Å². The van der Waals surface area contributed by atoms with E-state index in [-0.39, 0.29) is 0 Å². The third kappa shape index (κ3) is 54.7. The summed E-state index contributed by atoms with van der Waals surface area (Å²) in [5, 5.41) is 84.7. The maximum Gasteiger partial charge on any atom is 0.311 e. The Morgan fingerprint density at radius 2 is 0.595 bits per heavy atom. The minimum absolute atomic E-state index is 0.454. The molecule has 14 heteroatoms. The van der Waals surface area contributed by atoms with Crippen molar-refractivity contribution in [1.82, 2.24) is 0 Å². The quantitative estimate of drug-likeness (QED) is 0.0210. The largest absolute Gasteiger partial charge is 0.463 e. The molecule has 5 unspecified atom stereocenters. The Labute approximate surface area is 685 Å². The van der Waals surface area contributed by atoms with Crippen molar-refractivity contribution in [3.8, 4) is 0 Å². The zero-order valence-corrected chi connectivity index (χ0v) is 73.5. The van der Waals surface area contributed by atoms with E-state index in [2.05, 4.69) is 20.8 Å². The van der Waals surface area contributed by atoms with Crippen LogP contribution in [0.5, 0.6) is 0 Å². The number of carbonyl (C=O) groups is 1. The highest BCUT2D eigenvalue weighted by molar-refractivity contribution is 5.73. The molecule has 14 nitrogen and oxygen atoms in total. The maximum absolute atomic E-state index is 13.9. The summed E-state index contributed by atoms with van der Waals surface area (Å²) in [6, 6.07) is 0. The number of aliphatic hydroxyl groups excluding tert-OH is 8. The molecule has 0 aromatic heterocycles. The lowest BCUT2D eigenvalue weighted by molar-refractivity contribution is -0.376. The Hall–Kier alpha value is -1.01. The van der Waals surface area contributed by atoms with Gasteiger partial charge in [0.2, 0.25) is 0 Å². The minimum atomic E-state index is -1.83. The van der Waals surface area contributed by atoms with Crippen molar-refractivity contribution < 1.29 is 69.3 Å². The number of unbranched alkanes of at least 4 members (excludes halogenated alkanes) is 63. The molecule has 0 spiro atoms. The van der Waals surface area contributed by atoms with Crippen LogP contribution < -0.4 is 0 Å². The van der Waals surface area contributed by atoms with E-state index in [9.17, 15) is 45.6 Å². The lowest BCUT2D eigenvalue weighted by Gasteiger charge is -2.44. The van der Waals surface area contributed by atoms with Crippen LogP contribution in [0, 0.1) is 23.7 Å². The number of hydrogen-bond donors (Lipinski definition) is 8. The second-order valence-electron chi connectivity index (χ2n) is 36.4. The Balaban J connectivity index is 1.13. The Morgan fingerprint density at radius 3 is 0.901 bits per heavy atom. The van der Waals surface area contributed by atoms with Gasteiger partial charge in [-0.25, -0.2) is 0 Å². The van der Waals surface area contributed by atoms with Crippen molar-refractivity contribution in [3.63, 3.8) is 0 Å². The Morgan fingerprint density at radius 1 is 0.333 bits per heavy atom. The van der Waals surface area contributed by atoms with Gasteiger partial charge in [-0.2, -0.15) is 0 Å². The predicted molar refractivity (Wildman–Crippen MR) is 462 cm³/mol. The van der Waals surface area contributed by atoms with Gasteiger partial charge in [0.25, 0.3) is 0 Å². The fraction of sp³-hybridized carbons (Fsp3) is 0.990. The first-order chi connectivity index (χ1) is 54.4. The SMILES string of the molecule is CCCCCCCCCCCCCCCCCCCCCCCCC(C(=O)OC[C@H]1O[C@H](O[C@H]2O[C@H](CO)[C@@H](O)[C@H](O)[C@H]2O)[C@H](O)[C@@H](O)[C@@H]1O)[C@H](O)CCCCCCCCCCCCCCCCCC1CC1CCCCCCCCCCCCCCCCC(OC)C(C)CCCCCCCCCCCCCCCCCC. The number of carbonyl (C=O) groups excluding carboxylic acids is 1. The van der Waals surface area contributed by atoms with Crippen molar-refractivity contribution in [2.45, 2.75) is 570 Å². The molecule has 0 aromatic carbocycles. The molecule has 2 saturated heterocycles. The van der Waals surface area contributed by atoms with Crippen LogP contribution in [0.15, 0.2) is 0 Å². The fourth-order valence-electron chi connectivity index (χ4n) is 18.2. The van der Waals surface area contributed by atoms with Crippen molar-refractivity contribution in [1.29, 1.82) is 0 Å². The van der Waals surface area contributed by atoms with Gasteiger partial charge in [-0.15, -0.1) is 0 Å². The molecule has 1 saturated carbocycles. The number of ether oxygens (including phenoxy) is 5. The highest BCUT2D eigenvalue weighted by atomic mass is 16.8. The van der Waals surface area contributed by atoms with Gasteiger partial charge in [0.05, 0.1) is 24.7 Å². The second-order valence-corrected chi connectivity index (χ2v) is 36.4. The molecule has 8 N–H and O–H groups in total. The highest BCUT2D eigenvalue weighted by Gasteiger charge is 2.50. The number of esters is 1. The molecule has 2 heterocycles. The molecule has 0 aromatic rings. The molecule has 16 atom stereocenters. The normalized spacial score (nSPS) is 23.2.